The van der Waals surface area contributed by atoms with Crippen LogP contribution in [0.2, 0.25) is 4.34 Å². The second-order valence-corrected chi connectivity index (χ2v) is 6.37. The number of thiophene rings is 1. The molecule has 1 heterocycles. The molecule has 2 atom stereocenters. The first-order valence-electron chi connectivity index (χ1n) is 6.30. The molecule has 1 fully saturated rings. The van der Waals surface area contributed by atoms with Gasteiger partial charge in [-0.05, 0) is 31.4 Å². The Balaban J connectivity index is 1.73. The molecule has 0 radical (unpaired) electrons. The monoisotopic (exact) mass is 273 g/mol. The van der Waals surface area contributed by atoms with Crippen LogP contribution < -0.4 is 5.32 Å². The molecule has 0 bridgehead atoms. The van der Waals surface area contributed by atoms with Crippen molar-refractivity contribution in [3.8, 4) is 0 Å². The molecule has 1 saturated carbocycles. The molecular formula is C13H20ClNOS. The lowest BCUT2D eigenvalue weighted by molar-refractivity contribution is 0.0421. The number of hydrogen-bond acceptors (Lipinski definition) is 3. The summed E-state index contributed by atoms with van der Waals surface area (Å²) >= 11 is 7.59. The van der Waals surface area contributed by atoms with Crippen LogP contribution in [0.3, 0.4) is 0 Å². The minimum absolute atomic E-state index is 0.399. The van der Waals surface area contributed by atoms with Gasteiger partial charge in [0.15, 0.2) is 0 Å². The smallest absolute Gasteiger partial charge is 0.0931 e. The van der Waals surface area contributed by atoms with Crippen molar-refractivity contribution in [2.24, 2.45) is 0 Å². The molecular weight excluding hydrogens is 254 g/mol. The maximum Gasteiger partial charge on any atom is 0.0931 e. The van der Waals surface area contributed by atoms with E-state index in [-0.39, 0.29) is 0 Å². The van der Waals surface area contributed by atoms with Crippen LogP contribution in [0, 0.1) is 0 Å². The van der Waals surface area contributed by atoms with Crippen LogP contribution in [0.5, 0.6) is 0 Å². The molecule has 0 amide bonds. The standard InChI is InChI=1S/C13H20ClNOS/c1-16-12-5-3-2-4-11(12)15-9-8-10-6-7-13(14)17-10/h6-7,11-12,15H,2-5,8-9H2,1H3. The summed E-state index contributed by atoms with van der Waals surface area (Å²) < 4.78 is 6.41. The van der Waals surface area contributed by atoms with Crippen LogP contribution in [-0.4, -0.2) is 25.8 Å². The minimum Gasteiger partial charge on any atom is -0.380 e. The number of hydrogen-bond donors (Lipinski definition) is 1. The van der Waals surface area contributed by atoms with E-state index in [0.717, 1.165) is 17.3 Å². The number of methoxy groups -OCH3 is 1. The van der Waals surface area contributed by atoms with Crippen molar-refractivity contribution in [1.29, 1.82) is 0 Å². The number of halogens is 1. The normalized spacial score (nSPS) is 25.1. The molecule has 17 heavy (non-hydrogen) atoms. The SMILES string of the molecule is COC1CCCCC1NCCc1ccc(Cl)s1. The topological polar surface area (TPSA) is 21.3 Å². The van der Waals surface area contributed by atoms with Gasteiger partial charge in [-0.1, -0.05) is 24.4 Å². The van der Waals surface area contributed by atoms with E-state index in [4.69, 9.17) is 16.3 Å². The van der Waals surface area contributed by atoms with Gasteiger partial charge in [0.05, 0.1) is 10.4 Å². The Morgan fingerprint density at radius 3 is 2.94 bits per heavy atom. The molecule has 1 aromatic heterocycles. The molecule has 0 saturated heterocycles. The Labute approximate surface area is 112 Å². The highest BCUT2D eigenvalue weighted by molar-refractivity contribution is 7.16. The molecule has 2 rings (SSSR count). The van der Waals surface area contributed by atoms with E-state index in [0.29, 0.717) is 12.1 Å². The molecule has 0 aliphatic heterocycles. The first-order chi connectivity index (χ1) is 8.29. The van der Waals surface area contributed by atoms with Gasteiger partial charge in [0.25, 0.3) is 0 Å². The number of nitrogens with one attached hydrogen (secondary N) is 1. The van der Waals surface area contributed by atoms with Crippen LogP contribution in [0.1, 0.15) is 30.6 Å². The summed E-state index contributed by atoms with van der Waals surface area (Å²) in [4.78, 5) is 1.35. The fraction of sp³-hybridized carbons (Fsp3) is 0.692. The fourth-order valence-electron chi connectivity index (χ4n) is 2.48. The quantitative estimate of drug-likeness (QED) is 0.887. The van der Waals surface area contributed by atoms with E-state index in [9.17, 15) is 0 Å². The lowest BCUT2D eigenvalue weighted by atomic mass is 9.92. The molecule has 0 spiro atoms. The average Bonchev–Trinajstić information content (AvgIpc) is 2.76. The van der Waals surface area contributed by atoms with Gasteiger partial charge in [-0.2, -0.15) is 0 Å². The molecule has 1 aliphatic rings. The summed E-state index contributed by atoms with van der Waals surface area (Å²) in [5, 5.41) is 3.62. The summed E-state index contributed by atoms with van der Waals surface area (Å²) in [5.41, 5.74) is 0. The van der Waals surface area contributed by atoms with E-state index in [1.54, 1.807) is 11.3 Å². The van der Waals surface area contributed by atoms with Gasteiger partial charge in [0.1, 0.15) is 0 Å². The predicted molar refractivity (Wildman–Crippen MR) is 74.1 cm³/mol. The summed E-state index contributed by atoms with van der Waals surface area (Å²) in [6.45, 7) is 1.02. The Kier molecular flexibility index (Phi) is 5.29. The van der Waals surface area contributed by atoms with Gasteiger partial charge in [-0.25, -0.2) is 0 Å². The number of ether oxygens (including phenoxy) is 1. The van der Waals surface area contributed by atoms with Crippen molar-refractivity contribution in [1.82, 2.24) is 5.32 Å². The average molecular weight is 274 g/mol. The highest BCUT2D eigenvalue weighted by Gasteiger charge is 2.23. The van der Waals surface area contributed by atoms with Gasteiger partial charge in [-0.15, -0.1) is 11.3 Å². The van der Waals surface area contributed by atoms with Crippen LogP contribution in [0.25, 0.3) is 0 Å². The van der Waals surface area contributed by atoms with Crippen molar-refractivity contribution in [3.05, 3.63) is 21.3 Å². The maximum absolute atomic E-state index is 5.91. The first-order valence-corrected chi connectivity index (χ1v) is 7.49. The van der Waals surface area contributed by atoms with Crippen molar-refractivity contribution in [2.75, 3.05) is 13.7 Å². The first kappa shape index (κ1) is 13.3. The second kappa shape index (κ2) is 6.74. The molecule has 2 nitrogen and oxygen atoms in total. The van der Waals surface area contributed by atoms with E-state index in [1.165, 1.54) is 30.6 Å². The van der Waals surface area contributed by atoms with Gasteiger partial charge < -0.3 is 10.1 Å². The van der Waals surface area contributed by atoms with Crippen LogP contribution in [-0.2, 0) is 11.2 Å². The van der Waals surface area contributed by atoms with Crippen molar-refractivity contribution < 1.29 is 4.74 Å². The Morgan fingerprint density at radius 2 is 2.24 bits per heavy atom. The molecule has 4 heteroatoms. The van der Waals surface area contributed by atoms with E-state index in [1.807, 2.05) is 13.2 Å². The van der Waals surface area contributed by atoms with Gasteiger partial charge in [0, 0.05) is 24.6 Å². The predicted octanol–water partition coefficient (Wildman–Crippen LogP) is 3.49. The van der Waals surface area contributed by atoms with E-state index >= 15 is 0 Å². The van der Waals surface area contributed by atoms with Gasteiger partial charge >= 0.3 is 0 Å². The second-order valence-electron chi connectivity index (χ2n) is 4.58. The summed E-state index contributed by atoms with van der Waals surface area (Å²) in [7, 11) is 1.82. The van der Waals surface area contributed by atoms with E-state index < -0.39 is 0 Å². The largest absolute Gasteiger partial charge is 0.380 e. The third-order valence-electron chi connectivity index (χ3n) is 3.41. The summed E-state index contributed by atoms with van der Waals surface area (Å²) in [6.07, 6.45) is 6.52. The molecule has 2 unspecified atom stereocenters. The molecule has 1 aliphatic carbocycles. The zero-order valence-corrected chi connectivity index (χ0v) is 11.8. The van der Waals surface area contributed by atoms with Crippen molar-refractivity contribution in [2.45, 2.75) is 44.2 Å². The van der Waals surface area contributed by atoms with Crippen LogP contribution >= 0.6 is 22.9 Å². The Bertz CT molecular complexity index is 342. The zero-order chi connectivity index (χ0) is 12.1. The van der Waals surface area contributed by atoms with Gasteiger partial charge in [-0.3, -0.25) is 0 Å². The maximum atomic E-state index is 5.91. The number of rotatable bonds is 5. The highest BCUT2D eigenvalue weighted by atomic mass is 35.5. The third kappa shape index (κ3) is 3.95. The zero-order valence-electron chi connectivity index (χ0n) is 10.2. The third-order valence-corrected chi connectivity index (χ3v) is 4.70. The lowest BCUT2D eigenvalue weighted by Crippen LogP contribution is -2.43. The fourth-order valence-corrected chi connectivity index (χ4v) is 3.57. The van der Waals surface area contributed by atoms with Crippen molar-refractivity contribution >= 4 is 22.9 Å². The van der Waals surface area contributed by atoms with Crippen LogP contribution in [0.15, 0.2) is 12.1 Å². The Hall–Kier alpha value is -0.0900. The van der Waals surface area contributed by atoms with Gasteiger partial charge in [0.2, 0.25) is 0 Å². The Morgan fingerprint density at radius 1 is 1.41 bits per heavy atom. The molecule has 0 aromatic carbocycles. The summed E-state index contributed by atoms with van der Waals surface area (Å²) in [5.74, 6) is 0. The summed E-state index contributed by atoms with van der Waals surface area (Å²) in [6, 6.07) is 4.62. The lowest BCUT2D eigenvalue weighted by Gasteiger charge is -2.31. The molecule has 96 valence electrons. The molecule has 1 N–H and O–H groups in total. The molecule has 1 aromatic rings. The van der Waals surface area contributed by atoms with Crippen LogP contribution in [0.4, 0.5) is 0 Å². The van der Waals surface area contributed by atoms with E-state index in [2.05, 4.69) is 11.4 Å². The highest BCUT2D eigenvalue weighted by Crippen LogP contribution is 2.23. The van der Waals surface area contributed by atoms with Crippen molar-refractivity contribution in [3.63, 3.8) is 0 Å². The minimum atomic E-state index is 0.399.